The van der Waals surface area contributed by atoms with Gasteiger partial charge in [0.1, 0.15) is 5.82 Å². The first-order chi connectivity index (χ1) is 12.7. The minimum absolute atomic E-state index is 0. The van der Waals surface area contributed by atoms with Crippen LogP contribution in [0, 0.1) is 0 Å². The first kappa shape index (κ1) is 21.9. The van der Waals surface area contributed by atoms with Crippen molar-refractivity contribution in [3.8, 4) is 5.69 Å². The fraction of sp³-hybridized carbons (Fsp3) is 0.316. The van der Waals surface area contributed by atoms with Crippen LogP contribution in [0.25, 0.3) is 5.69 Å². The molecule has 0 aliphatic carbocycles. The molecule has 1 aliphatic heterocycles. The Morgan fingerprint density at radius 1 is 1.11 bits per heavy atom. The molecule has 7 nitrogen and oxygen atoms in total. The number of nitrogens with two attached hydrogens (primary N) is 1. The fourth-order valence-corrected chi connectivity index (χ4v) is 3.38. The summed E-state index contributed by atoms with van der Waals surface area (Å²) in [6.07, 6.45) is 5.53. The highest BCUT2D eigenvalue weighted by atomic mass is 35.5. The molecular formula is C19H25Cl2N7. The maximum absolute atomic E-state index is 5.96. The summed E-state index contributed by atoms with van der Waals surface area (Å²) in [7, 11) is 2.06. The van der Waals surface area contributed by atoms with Gasteiger partial charge >= 0.3 is 0 Å². The van der Waals surface area contributed by atoms with Gasteiger partial charge in [-0.25, -0.2) is 9.67 Å². The number of hydrogen-bond acceptors (Lipinski definition) is 6. The van der Waals surface area contributed by atoms with Crippen LogP contribution < -0.4 is 16.0 Å². The Morgan fingerprint density at radius 3 is 2.57 bits per heavy atom. The third kappa shape index (κ3) is 4.73. The molecule has 4 rings (SSSR count). The van der Waals surface area contributed by atoms with Crippen LogP contribution in [0.3, 0.4) is 0 Å². The lowest BCUT2D eigenvalue weighted by Crippen LogP contribution is -2.22. The summed E-state index contributed by atoms with van der Waals surface area (Å²) in [4.78, 5) is 11.1. The molecule has 28 heavy (non-hydrogen) atoms. The zero-order chi connectivity index (χ0) is 17.9. The van der Waals surface area contributed by atoms with Crippen LogP contribution in [0.5, 0.6) is 0 Å². The number of fused-ring (bicyclic) bond motifs is 1. The van der Waals surface area contributed by atoms with E-state index in [-0.39, 0.29) is 24.8 Å². The molecule has 0 amide bonds. The van der Waals surface area contributed by atoms with Gasteiger partial charge in [0.25, 0.3) is 0 Å². The minimum atomic E-state index is 0. The standard InChI is InChI=1S/C19H23N7.2ClH/c1-25(13-14-3-5-15(6-4-14)26-12-2-9-22-26)18-16-7-10-21-11-8-17(16)23-19(20)24-18;;/h2-6,9,12,21H,7-8,10-11,13H2,1H3,(H2,20,23,24);2*1H. The predicted molar refractivity (Wildman–Crippen MR) is 117 cm³/mol. The van der Waals surface area contributed by atoms with E-state index in [1.165, 1.54) is 11.1 Å². The van der Waals surface area contributed by atoms with Gasteiger partial charge in [0.15, 0.2) is 0 Å². The van der Waals surface area contributed by atoms with Crippen molar-refractivity contribution in [3.63, 3.8) is 0 Å². The maximum Gasteiger partial charge on any atom is 0.222 e. The molecule has 0 spiro atoms. The number of nitrogen functional groups attached to an aromatic ring is 1. The largest absolute Gasteiger partial charge is 0.368 e. The predicted octanol–water partition coefficient (Wildman–Crippen LogP) is 2.41. The van der Waals surface area contributed by atoms with Gasteiger partial charge in [0.2, 0.25) is 5.95 Å². The molecular weight excluding hydrogens is 397 g/mol. The number of rotatable bonds is 4. The second-order valence-electron chi connectivity index (χ2n) is 6.55. The van der Waals surface area contributed by atoms with Gasteiger partial charge in [-0.3, -0.25) is 0 Å². The van der Waals surface area contributed by atoms with Crippen LogP contribution in [0.1, 0.15) is 16.8 Å². The lowest BCUT2D eigenvalue weighted by Gasteiger charge is -2.22. The van der Waals surface area contributed by atoms with E-state index in [4.69, 9.17) is 5.73 Å². The highest BCUT2D eigenvalue weighted by Gasteiger charge is 2.18. The monoisotopic (exact) mass is 421 g/mol. The van der Waals surface area contributed by atoms with E-state index in [9.17, 15) is 0 Å². The van der Waals surface area contributed by atoms with Gasteiger partial charge in [-0.2, -0.15) is 10.1 Å². The highest BCUT2D eigenvalue weighted by Crippen LogP contribution is 2.24. The smallest absolute Gasteiger partial charge is 0.222 e. The summed E-state index contributed by atoms with van der Waals surface area (Å²) in [6, 6.07) is 10.3. The van der Waals surface area contributed by atoms with Crippen LogP contribution in [-0.2, 0) is 19.4 Å². The zero-order valence-corrected chi connectivity index (χ0v) is 17.3. The summed E-state index contributed by atoms with van der Waals surface area (Å²) in [6.45, 7) is 2.64. The summed E-state index contributed by atoms with van der Waals surface area (Å²) in [5, 5.41) is 7.67. The van der Waals surface area contributed by atoms with E-state index in [2.05, 4.69) is 56.6 Å². The molecule has 0 unspecified atom stereocenters. The third-order valence-corrected chi connectivity index (χ3v) is 4.67. The lowest BCUT2D eigenvalue weighted by molar-refractivity contribution is 0.708. The van der Waals surface area contributed by atoms with Crippen LogP contribution in [0.4, 0.5) is 11.8 Å². The summed E-state index contributed by atoms with van der Waals surface area (Å²) >= 11 is 0. The van der Waals surface area contributed by atoms with E-state index in [1.54, 1.807) is 6.20 Å². The quantitative estimate of drug-likeness (QED) is 0.672. The Hall–Kier alpha value is -2.35. The Kier molecular flexibility index (Phi) is 7.62. The molecule has 2 aromatic heterocycles. The zero-order valence-electron chi connectivity index (χ0n) is 15.7. The molecule has 150 valence electrons. The number of benzene rings is 1. The SMILES string of the molecule is CN(Cc1ccc(-n2cccn2)cc1)c1nc(N)nc2c1CCNCC2.Cl.Cl. The van der Waals surface area contributed by atoms with Gasteiger partial charge in [0, 0.05) is 44.5 Å². The number of halogens is 2. The molecule has 3 N–H and O–H groups in total. The van der Waals surface area contributed by atoms with E-state index < -0.39 is 0 Å². The summed E-state index contributed by atoms with van der Waals surface area (Å²) < 4.78 is 1.85. The topological polar surface area (TPSA) is 84.9 Å². The lowest BCUT2D eigenvalue weighted by atomic mass is 10.1. The van der Waals surface area contributed by atoms with Gasteiger partial charge in [-0.1, -0.05) is 12.1 Å². The molecule has 9 heteroatoms. The van der Waals surface area contributed by atoms with Crippen molar-refractivity contribution in [3.05, 3.63) is 59.5 Å². The number of nitrogens with one attached hydrogen (secondary N) is 1. The average Bonchev–Trinajstić information content (AvgIpc) is 3.08. The number of hydrogen-bond donors (Lipinski definition) is 2. The van der Waals surface area contributed by atoms with Gasteiger partial charge in [-0.15, -0.1) is 24.8 Å². The molecule has 0 radical (unpaired) electrons. The summed E-state index contributed by atoms with van der Waals surface area (Å²) in [5.41, 5.74) is 10.5. The van der Waals surface area contributed by atoms with Gasteiger partial charge in [0.05, 0.1) is 11.4 Å². The maximum atomic E-state index is 5.96. The fourth-order valence-electron chi connectivity index (χ4n) is 3.38. The van der Waals surface area contributed by atoms with Crippen LogP contribution in [0.2, 0.25) is 0 Å². The molecule has 0 saturated heterocycles. The Bertz CT molecular complexity index is 882. The van der Waals surface area contributed by atoms with E-state index >= 15 is 0 Å². The summed E-state index contributed by atoms with van der Waals surface area (Å²) in [5.74, 6) is 1.29. The number of anilines is 2. The Balaban J connectivity index is 0.00000140. The first-order valence-corrected chi connectivity index (χ1v) is 8.87. The van der Waals surface area contributed by atoms with Crippen LogP contribution in [-0.4, -0.2) is 39.9 Å². The Morgan fingerprint density at radius 2 is 1.86 bits per heavy atom. The highest BCUT2D eigenvalue weighted by molar-refractivity contribution is 5.85. The van der Waals surface area contributed by atoms with E-state index in [0.29, 0.717) is 5.95 Å². The van der Waals surface area contributed by atoms with Gasteiger partial charge in [-0.05, 0) is 36.7 Å². The van der Waals surface area contributed by atoms with Crippen molar-refractivity contribution in [1.82, 2.24) is 25.1 Å². The molecule has 0 bridgehead atoms. The van der Waals surface area contributed by atoms with E-state index in [1.807, 2.05) is 16.9 Å². The molecule has 0 saturated carbocycles. The van der Waals surface area contributed by atoms with Crippen LogP contribution in [0.15, 0.2) is 42.7 Å². The number of nitrogens with zero attached hydrogens (tertiary/aromatic N) is 5. The van der Waals surface area contributed by atoms with Crippen molar-refractivity contribution in [2.24, 2.45) is 0 Å². The van der Waals surface area contributed by atoms with E-state index in [0.717, 1.165) is 49.7 Å². The molecule has 3 heterocycles. The normalized spacial score (nSPS) is 12.9. The Labute approximate surface area is 177 Å². The second kappa shape index (κ2) is 9.73. The molecule has 0 atom stereocenters. The second-order valence-corrected chi connectivity index (χ2v) is 6.55. The first-order valence-electron chi connectivity index (χ1n) is 8.87. The number of aromatic nitrogens is 4. The molecule has 1 aliphatic rings. The average molecular weight is 422 g/mol. The minimum Gasteiger partial charge on any atom is -0.368 e. The molecule has 0 fully saturated rings. The molecule has 1 aromatic carbocycles. The van der Waals surface area contributed by atoms with Crippen molar-refractivity contribution in [1.29, 1.82) is 0 Å². The third-order valence-electron chi connectivity index (χ3n) is 4.67. The van der Waals surface area contributed by atoms with Crippen molar-refractivity contribution >= 4 is 36.6 Å². The van der Waals surface area contributed by atoms with Crippen molar-refractivity contribution in [2.45, 2.75) is 19.4 Å². The van der Waals surface area contributed by atoms with Crippen molar-refractivity contribution in [2.75, 3.05) is 30.8 Å². The molecule has 3 aromatic rings. The van der Waals surface area contributed by atoms with Crippen LogP contribution >= 0.6 is 24.8 Å². The van der Waals surface area contributed by atoms with Gasteiger partial charge < -0.3 is 16.0 Å². The van der Waals surface area contributed by atoms with Crippen molar-refractivity contribution < 1.29 is 0 Å².